The van der Waals surface area contributed by atoms with Gasteiger partial charge in [-0.05, 0) is 25.1 Å². The Kier molecular flexibility index (Phi) is 3.66. The monoisotopic (exact) mass is 268 g/mol. The molecule has 3 nitrogen and oxygen atoms in total. The predicted molar refractivity (Wildman–Crippen MR) is 71.7 cm³/mol. The lowest BCUT2D eigenvalue weighted by Gasteiger charge is -2.03. The van der Waals surface area contributed by atoms with E-state index in [-0.39, 0.29) is 0 Å². The molecule has 1 aromatic carbocycles. The molecular formula is C12H13ClN2OS. The second kappa shape index (κ2) is 5.04. The fourth-order valence-corrected chi connectivity index (χ4v) is 2.74. The van der Waals surface area contributed by atoms with Gasteiger partial charge in [0.25, 0.3) is 0 Å². The number of methoxy groups -OCH3 is 1. The van der Waals surface area contributed by atoms with Crippen LogP contribution in [-0.4, -0.2) is 12.1 Å². The molecule has 0 aliphatic heterocycles. The number of hydrogen-bond acceptors (Lipinski definition) is 4. The molecule has 0 saturated carbocycles. The fraction of sp³-hybridized carbons (Fsp3) is 0.250. The normalized spacial score (nSPS) is 10.6. The molecule has 1 heterocycles. The summed E-state index contributed by atoms with van der Waals surface area (Å²) >= 11 is 7.71. The van der Waals surface area contributed by atoms with E-state index in [1.165, 1.54) is 0 Å². The number of benzene rings is 1. The highest BCUT2D eigenvalue weighted by Crippen LogP contribution is 2.33. The Bertz CT molecular complexity index is 539. The molecule has 0 amide bonds. The number of ether oxygens (including phenoxy) is 1. The maximum absolute atomic E-state index is 6.09. The van der Waals surface area contributed by atoms with Gasteiger partial charge in [-0.25, -0.2) is 4.98 Å². The first kappa shape index (κ1) is 12.4. The zero-order valence-electron chi connectivity index (χ0n) is 9.66. The maximum atomic E-state index is 6.09. The number of nitrogens with zero attached hydrogens (tertiary/aromatic N) is 1. The number of halogens is 1. The Hall–Kier alpha value is -1.10. The van der Waals surface area contributed by atoms with Gasteiger partial charge in [0.2, 0.25) is 0 Å². The molecule has 0 aliphatic carbocycles. The molecule has 0 fully saturated rings. The SMILES string of the molecule is COc1ccc(-c2nc(CN)c(C)s2)cc1Cl. The second-order valence-electron chi connectivity index (χ2n) is 3.58. The first-order valence-electron chi connectivity index (χ1n) is 5.16. The highest BCUT2D eigenvalue weighted by Gasteiger charge is 2.10. The zero-order valence-corrected chi connectivity index (χ0v) is 11.2. The summed E-state index contributed by atoms with van der Waals surface area (Å²) < 4.78 is 5.12. The van der Waals surface area contributed by atoms with Gasteiger partial charge in [0.1, 0.15) is 10.8 Å². The Morgan fingerprint density at radius 2 is 2.24 bits per heavy atom. The Morgan fingerprint density at radius 3 is 2.76 bits per heavy atom. The fourth-order valence-electron chi connectivity index (χ4n) is 1.54. The van der Waals surface area contributed by atoms with Crippen molar-refractivity contribution in [3.05, 3.63) is 33.8 Å². The van der Waals surface area contributed by atoms with E-state index >= 15 is 0 Å². The molecule has 0 spiro atoms. The van der Waals surface area contributed by atoms with Crippen molar-refractivity contribution in [2.24, 2.45) is 5.73 Å². The number of thiazole rings is 1. The molecule has 2 aromatic rings. The van der Waals surface area contributed by atoms with E-state index < -0.39 is 0 Å². The quantitative estimate of drug-likeness (QED) is 0.930. The second-order valence-corrected chi connectivity index (χ2v) is 5.19. The highest BCUT2D eigenvalue weighted by atomic mass is 35.5. The third kappa shape index (κ3) is 2.44. The van der Waals surface area contributed by atoms with Crippen LogP contribution in [0, 0.1) is 6.92 Å². The standard InChI is InChI=1S/C12H13ClN2OS/c1-7-10(6-14)15-12(17-7)8-3-4-11(16-2)9(13)5-8/h3-5H,6,14H2,1-2H3. The third-order valence-electron chi connectivity index (χ3n) is 2.48. The summed E-state index contributed by atoms with van der Waals surface area (Å²) in [6.07, 6.45) is 0. The van der Waals surface area contributed by atoms with Gasteiger partial charge in [-0.1, -0.05) is 11.6 Å². The summed E-state index contributed by atoms with van der Waals surface area (Å²) in [4.78, 5) is 5.64. The minimum atomic E-state index is 0.465. The summed E-state index contributed by atoms with van der Waals surface area (Å²) in [5, 5.41) is 1.53. The van der Waals surface area contributed by atoms with Gasteiger partial charge in [-0.2, -0.15) is 0 Å². The zero-order chi connectivity index (χ0) is 12.4. The smallest absolute Gasteiger partial charge is 0.137 e. The van der Waals surface area contributed by atoms with Crippen molar-refractivity contribution in [3.63, 3.8) is 0 Å². The number of nitrogens with two attached hydrogens (primary N) is 1. The topological polar surface area (TPSA) is 48.1 Å². The van der Waals surface area contributed by atoms with E-state index in [0.29, 0.717) is 17.3 Å². The lowest BCUT2D eigenvalue weighted by Crippen LogP contribution is -1.97. The van der Waals surface area contributed by atoms with Crippen LogP contribution in [0.3, 0.4) is 0 Å². The van der Waals surface area contributed by atoms with Crippen LogP contribution in [0.4, 0.5) is 0 Å². The molecule has 0 bridgehead atoms. The van der Waals surface area contributed by atoms with Crippen LogP contribution in [0.1, 0.15) is 10.6 Å². The predicted octanol–water partition coefficient (Wildman–Crippen LogP) is 3.24. The number of rotatable bonds is 3. The van der Waals surface area contributed by atoms with Crippen LogP contribution < -0.4 is 10.5 Å². The number of hydrogen-bond donors (Lipinski definition) is 1. The van der Waals surface area contributed by atoms with E-state index in [1.54, 1.807) is 18.4 Å². The summed E-state index contributed by atoms with van der Waals surface area (Å²) in [6, 6.07) is 5.65. The van der Waals surface area contributed by atoms with E-state index in [0.717, 1.165) is 21.1 Å². The molecule has 2 rings (SSSR count). The molecule has 0 atom stereocenters. The minimum absolute atomic E-state index is 0.465. The van der Waals surface area contributed by atoms with Crippen LogP contribution >= 0.6 is 22.9 Å². The lowest BCUT2D eigenvalue weighted by molar-refractivity contribution is 0.415. The van der Waals surface area contributed by atoms with Crippen molar-refractivity contribution in [1.29, 1.82) is 0 Å². The van der Waals surface area contributed by atoms with Crippen LogP contribution in [0.25, 0.3) is 10.6 Å². The molecule has 17 heavy (non-hydrogen) atoms. The number of aryl methyl sites for hydroxylation is 1. The van der Waals surface area contributed by atoms with Crippen molar-refractivity contribution in [3.8, 4) is 16.3 Å². The average molecular weight is 269 g/mol. The Morgan fingerprint density at radius 1 is 1.47 bits per heavy atom. The van der Waals surface area contributed by atoms with Gasteiger partial charge < -0.3 is 10.5 Å². The summed E-state index contributed by atoms with van der Waals surface area (Å²) in [5.41, 5.74) is 7.55. The van der Waals surface area contributed by atoms with Crippen LogP contribution in [0.15, 0.2) is 18.2 Å². The van der Waals surface area contributed by atoms with E-state index in [1.807, 2.05) is 25.1 Å². The minimum Gasteiger partial charge on any atom is -0.495 e. The molecule has 0 radical (unpaired) electrons. The molecule has 0 saturated heterocycles. The van der Waals surface area contributed by atoms with Crippen molar-refractivity contribution in [2.75, 3.05) is 7.11 Å². The molecule has 5 heteroatoms. The van der Waals surface area contributed by atoms with E-state index in [4.69, 9.17) is 22.1 Å². The summed E-state index contributed by atoms with van der Waals surface area (Å²) in [5.74, 6) is 0.669. The first-order valence-corrected chi connectivity index (χ1v) is 6.35. The van der Waals surface area contributed by atoms with Crippen molar-refractivity contribution in [2.45, 2.75) is 13.5 Å². The first-order chi connectivity index (χ1) is 8.15. The van der Waals surface area contributed by atoms with Crippen molar-refractivity contribution >= 4 is 22.9 Å². The van der Waals surface area contributed by atoms with Gasteiger partial charge >= 0.3 is 0 Å². The largest absolute Gasteiger partial charge is 0.495 e. The Balaban J connectivity index is 2.42. The van der Waals surface area contributed by atoms with Gasteiger partial charge in [0.05, 0.1) is 17.8 Å². The van der Waals surface area contributed by atoms with Gasteiger partial charge in [-0.3, -0.25) is 0 Å². The van der Waals surface area contributed by atoms with Crippen LogP contribution in [0.2, 0.25) is 5.02 Å². The summed E-state index contributed by atoms with van der Waals surface area (Å²) in [6.45, 7) is 2.49. The van der Waals surface area contributed by atoms with Gasteiger partial charge in [-0.15, -0.1) is 11.3 Å². The van der Waals surface area contributed by atoms with E-state index in [9.17, 15) is 0 Å². The molecule has 0 unspecified atom stereocenters. The van der Waals surface area contributed by atoms with Crippen molar-refractivity contribution < 1.29 is 4.74 Å². The van der Waals surface area contributed by atoms with Crippen LogP contribution in [0.5, 0.6) is 5.75 Å². The highest BCUT2D eigenvalue weighted by molar-refractivity contribution is 7.15. The third-order valence-corrected chi connectivity index (χ3v) is 3.84. The number of aromatic nitrogens is 1. The molecule has 1 aromatic heterocycles. The average Bonchev–Trinajstić information content (AvgIpc) is 2.70. The van der Waals surface area contributed by atoms with E-state index in [2.05, 4.69) is 4.98 Å². The molecule has 0 aliphatic rings. The van der Waals surface area contributed by atoms with Crippen LogP contribution in [-0.2, 0) is 6.54 Å². The maximum Gasteiger partial charge on any atom is 0.137 e. The molecular weight excluding hydrogens is 256 g/mol. The van der Waals surface area contributed by atoms with Gasteiger partial charge in [0.15, 0.2) is 0 Å². The Labute approximate surface area is 109 Å². The molecule has 90 valence electrons. The summed E-state index contributed by atoms with van der Waals surface area (Å²) in [7, 11) is 1.60. The van der Waals surface area contributed by atoms with Gasteiger partial charge in [0, 0.05) is 17.0 Å². The lowest BCUT2D eigenvalue weighted by atomic mass is 10.2. The van der Waals surface area contributed by atoms with Crippen molar-refractivity contribution in [1.82, 2.24) is 4.98 Å². The molecule has 2 N–H and O–H groups in total.